The van der Waals surface area contributed by atoms with Crippen LogP contribution < -0.4 is 0 Å². The number of carbonyl (C=O) groups is 2. The maximum Gasteiger partial charge on any atom is 0.340 e. The molecule has 0 aromatic heterocycles. The molecule has 0 saturated heterocycles. The Hall–Kier alpha value is -2.42. The van der Waals surface area contributed by atoms with E-state index in [2.05, 4.69) is 0 Å². The molecular weight excluding hydrogens is 440 g/mol. The average molecular weight is 467 g/mol. The van der Waals surface area contributed by atoms with Crippen LogP contribution in [0.25, 0.3) is 0 Å². The zero-order valence-corrected chi connectivity index (χ0v) is 19.7. The van der Waals surface area contributed by atoms with Crippen LogP contribution >= 0.6 is 11.6 Å². The molecule has 0 N–H and O–H groups in total. The first-order chi connectivity index (χ1) is 14.6. The van der Waals surface area contributed by atoms with E-state index in [1.807, 2.05) is 31.2 Å². The molecule has 2 rings (SSSR count). The van der Waals surface area contributed by atoms with E-state index in [1.54, 1.807) is 20.9 Å². The molecule has 0 atom stereocenters. The number of hydrogen-bond acceptors (Lipinski definition) is 5. The average Bonchev–Trinajstić information content (AvgIpc) is 2.74. The fraction of sp³-hybridized carbons (Fsp3) is 0.364. The van der Waals surface area contributed by atoms with Crippen molar-refractivity contribution in [2.24, 2.45) is 0 Å². The van der Waals surface area contributed by atoms with Crippen molar-refractivity contribution < 1.29 is 22.7 Å². The minimum atomic E-state index is -3.77. The van der Waals surface area contributed by atoms with Gasteiger partial charge in [0.05, 0.1) is 15.5 Å². The third-order valence-corrected chi connectivity index (χ3v) is 7.30. The van der Waals surface area contributed by atoms with Crippen LogP contribution in [0.3, 0.4) is 0 Å². The van der Waals surface area contributed by atoms with Crippen molar-refractivity contribution in [2.75, 3.05) is 26.7 Å². The molecule has 0 aliphatic carbocycles. The molecule has 0 aliphatic rings. The highest BCUT2D eigenvalue weighted by Crippen LogP contribution is 2.24. The number of hydrogen-bond donors (Lipinski definition) is 0. The van der Waals surface area contributed by atoms with Gasteiger partial charge in [0.25, 0.3) is 5.91 Å². The van der Waals surface area contributed by atoms with Crippen molar-refractivity contribution in [1.82, 2.24) is 9.21 Å². The van der Waals surface area contributed by atoms with Crippen LogP contribution in [0.2, 0.25) is 5.02 Å². The predicted octanol–water partition coefficient (Wildman–Crippen LogP) is 3.49. The number of rotatable bonds is 9. The van der Waals surface area contributed by atoms with E-state index in [9.17, 15) is 18.0 Å². The van der Waals surface area contributed by atoms with Gasteiger partial charge in [0.1, 0.15) is 0 Å². The van der Waals surface area contributed by atoms with Gasteiger partial charge in [0.2, 0.25) is 10.0 Å². The fourth-order valence-corrected chi connectivity index (χ4v) is 4.66. The predicted molar refractivity (Wildman–Crippen MR) is 119 cm³/mol. The number of ether oxygens (including phenoxy) is 1. The number of halogens is 1. The summed E-state index contributed by atoms with van der Waals surface area (Å²) in [4.78, 5) is 26.3. The number of esters is 1. The molecule has 0 aliphatic heterocycles. The molecule has 0 spiro atoms. The zero-order chi connectivity index (χ0) is 23.2. The van der Waals surface area contributed by atoms with E-state index in [0.29, 0.717) is 19.6 Å². The number of nitrogens with zero attached hydrogens (tertiary/aromatic N) is 2. The normalized spacial score (nSPS) is 11.4. The van der Waals surface area contributed by atoms with Crippen molar-refractivity contribution in [2.45, 2.75) is 32.2 Å². The second kappa shape index (κ2) is 10.7. The Balaban J connectivity index is 2.10. The zero-order valence-electron chi connectivity index (χ0n) is 18.1. The number of aryl methyl sites for hydroxylation is 1. The van der Waals surface area contributed by atoms with Crippen molar-refractivity contribution in [3.63, 3.8) is 0 Å². The van der Waals surface area contributed by atoms with Gasteiger partial charge in [-0.2, -0.15) is 4.31 Å². The van der Waals surface area contributed by atoms with Gasteiger partial charge in [-0.15, -0.1) is 0 Å². The van der Waals surface area contributed by atoms with Crippen LogP contribution in [-0.4, -0.2) is 56.2 Å². The van der Waals surface area contributed by atoms with E-state index in [1.165, 1.54) is 27.4 Å². The first-order valence-electron chi connectivity index (χ1n) is 9.87. The summed E-state index contributed by atoms with van der Waals surface area (Å²) in [5, 5.41) is 0.0456. The van der Waals surface area contributed by atoms with E-state index in [4.69, 9.17) is 16.3 Å². The van der Waals surface area contributed by atoms with Gasteiger partial charge in [0, 0.05) is 26.7 Å². The summed E-state index contributed by atoms with van der Waals surface area (Å²) < 4.78 is 31.8. The Kier molecular flexibility index (Phi) is 8.61. The van der Waals surface area contributed by atoms with Crippen LogP contribution in [0, 0.1) is 6.92 Å². The fourth-order valence-electron chi connectivity index (χ4n) is 2.98. The van der Waals surface area contributed by atoms with Crippen LogP contribution in [0.15, 0.2) is 47.4 Å². The molecule has 0 unspecified atom stereocenters. The number of carbonyl (C=O) groups excluding carboxylic acids is 2. The largest absolute Gasteiger partial charge is 0.452 e. The van der Waals surface area contributed by atoms with Gasteiger partial charge in [-0.25, -0.2) is 13.2 Å². The van der Waals surface area contributed by atoms with Gasteiger partial charge < -0.3 is 9.64 Å². The quantitative estimate of drug-likeness (QED) is 0.528. The molecule has 0 bridgehead atoms. The molecular formula is C22H27ClN2O5S. The molecule has 31 heavy (non-hydrogen) atoms. The third kappa shape index (κ3) is 6.06. The van der Waals surface area contributed by atoms with Crippen molar-refractivity contribution in [3.8, 4) is 0 Å². The minimum absolute atomic E-state index is 0.0456. The molecule has 2 aromatic carbocycles. The van der Waals surface area contributed by atoms with Gasteiger partial charge >= 0.3 is 5.97 Å². The van der Waals surface area contributed by atoms with E-state index >= 15 is 0 Å². The smallest absolute Gasteiger partial charge is 0.340 e. The molecule has 7 nitrogen and oxygen atoms in total. The number of amides is 1. The van der Waals surface area contributed by atoms with Crippen molar-refractivity contribution in [3.05, 3.63) is 64.2 Å². The van der Waals surface area contributed by atoms with Gasteiger partial charge in [-0.05, 0) is 36.2 Å². The summed E-state index contributed by atoms with van der Waals surface area (Å²) >= 11 is 6.09. The lowest BCUT2D eigenvalue weighted by Crippen LogP contribution is -2.31. The van der Waals surface area contributed by atoms with Crippen LogP contribution in [-0.2, 0) is 26.1 Å². The first kappa shape index (κ1) is 24.8. The second-order valence-corrected chi connectivity index (χ2v) is 9.33. The lowest BCUT2D eigenvalue weighted by atomic mass is 10.1. The summed E-state index contributed by atoms with van der Waals surface area (Å²) in [7, 11) is -2.15. The summed E-state index contributed by atoms with van der Waals surface area (Å²) in [6.07, 6.45) is 0. The summed E-state index contributed by atoms with van der Waals surface area (Å²) in [5.41, 5.74) is 1.93. The summed E-state index contributed by atoms with van der Waals surface area (Å²) in [6, 6.07) is 11.5. The Morgan fingerprint density at radius 2 is 1.71 bits per heavy atom. The van der Waals surface area contributed by atoms with E-state index < -0.39 is 22.6 Å². The summed E-state index contributed by atoms with van der Waals surface area (Å²) in [5.74, 6) is -1.25. The lowest BCUT2D eigenvalue weighted by molar-refractivity contribution is -0.133. The Morgan fingerprint density at radius 1 is 1.06 bits per heavy atom. The SMILES string of the molecule is CCN(CC)S(=O)(=O)c1ccc(Cl)c(C(=O)OCC(=O)N(C)Cc2ccccc2C)c1. The topological polar surface area (TPSA) is 84.0 Å². The Labute approximate surface area is 188 Å². The molecule has 0 heterocycles. The monoisotopic (exact) mass is 466 g/mol. The lowest BCUT2D eigenvalue weighted by Gasteiger charge is -2.19. The van der Waals surface area contributed by atoms with Crippen LogP contribution in [0.1, 0.15) is 35.3 Å². The minimum Gasteiger partial charge on any atom is -0.452 e. The highest BCUT2D eigenvalue weighted by atomic mass is 35.5. The van der Waals surface area contributed by atoms with Crippen LogP contribution in [0.4, 0.5) is 0 Å². The van der Waals surface area contributed by atoms with E-state index in [-0.39, 0.29) is 21.4 Å². The van der Waals surface area contributed by atoms with Crippen molar-refractivity contribution in [1.29, 1.82) is 0 Å². The Morgan fingerprint density at radius 3 is 2.32 bits per heavy atom. The molecule has 2 aromatic rings. The van der Waals surface area contributed by atoms with Gasteiger partial charge in [0.15, 0.2) is 6.61 Å². The third-order valence-electron chi connectivity index (χ3n) is 4.92. The molecule has 168 valence electrons. The highest BCUT2D eigenvalue weighted by molar-refractivity contribution is 7.89. The maximum atomic E-state index is 12.7. The van der Waals surface area contributed by atoms with Gasteiger partial charge in [-0.1, -0.05) is 49.7 Å². The number of sulfonamides is 1. The highest BCUT2D eigenvalue weighted by Gasteiger charge is 2.24. The van der Waals surface area contributed by atoms with Crippen molar-refractivity contribution >= 4 is 33.5 Å². The maximum absolute atomic E-state index is 12.7. The molecule has 0 saturated carbocycles. The Bertz CT molecular complexity index is 1050. The molecule has 1 amide bonds. The molecule has 0 radical (unpaired) electrons. The second-order valence-electron chi connectivity index (χ2n) is 6.98. The first-order valence-corrected chi connectivity index (χ1v) is 11.7. The number of likely N-dealkylation sites (N-methyl/N-ethyl adjacent to an activating group) is 1. The summed E-state index contributed by atoms with van der Waals surface area (Å²) in [6.45, 7) is 5.89. The molecule has 0 fully saturated rings. The van der Waals surface area contributed by atoms with Gasteiger partial charge in [-0.3, -0.25) is 4.79 Å². The molecule has 9 heteroatoms. The number of benzene rings is 2. The van der Waals surface area contributed by atoms with Crippen LogP contribution in [0.5, 0.6) is 0 Å². The standard InChI is InChI=1S/C22H27ClN2O5S/c1-5-25(6-2)31(28,29)18-11-12-20(23)19(13-18)22(27)30-15-21(26)24(4)14-17-10-8-7-9-16(17)3/h7-13H,5-6,14-15H2,1-4H3. The van der Waals surface area contributed by atoms with E-state index in [0.717, 1.165) is 11.1 Å².